The van der Waals surface area contributed by atoms with Crippen LogP contribution in [0.1, 0.15) is 39.0 Å². The first-order valence-electron chi connectivity index (χ1n) is 6.14. The highest BCUT2D eigenvalue weighted by atomic mass is 16.1. The minimum absolute atomic E-state index is 0.421. The summed E-state index contributed by atoms with van der Waals surface area (Å²) in [5.74, 6) is 4.49. The van der Waals surface area contributed by atoms with Crippen molar-refractivity contribution < 1.29 is 4.79 Å². The van der Waals surface area contributed by atoms with Gasteiger partial charge < -0.3 is 0 Å². The minimum Gasteiger partial charge on any atom is -0.299 e. The summed E-state index contributed by atoms with van der Waals surface area (Å²) >= 11 is 0. The van der Waals surface area contributed by atoms with Crippen molar-refractivity contribution in [2.45, 2.75) is 39.0 Å². The van der Waals surface area contributed by atoms with Crippen LogP contribution in [0.15, 0.2) is 0 Å². The zero-order valence-electron chi connectivity index (χ0n) is 8.91. The second kappa shape index (κ2) is 3.08. The average Bonchev–Trinajstić information content (AvgIpc) is 2.86. The molecule has 3 aliphatic rings. The van der Waals surface area contributed by atoms with Gasteiger partial charge in [-0.2, -0.15) is 0 Å². The third kappa shape index (κ3) is 1.04. The van der Waals surface area contributed by atoms with Gasteiger partial charge in [0, 0.05) is 12.3 Å². The number of rotatable bonds is 2. The van der Waals surface area contributed by atoms with Crippen molar-refractivity contribution in [1.82, 2.24) is 0 Å². The molecule has 0 saturated heterocycles. The SMILES string of the molecule is C[CH]C(=O)C1CC2CC1C1CCCC21. The normalized spacial score (nSPS) is 49.6. The molecule has 14 heavy (non-hydrogen) atoms. The molecule has 3 aliphatic carbocycles. The van der Waals surface area contributed by atoms with Crippen LogP contribution in [-0.2, 0) is 4.79 Å². The smallest absolute Gasteiger partial charge is 0.139 e. The number of hydrogen-bond acceptors (Lipinski definition) is 1. The molecule has 1 nitrogen and oxygen atoms in total. The van der Waals surface area contributed by atoms with E-state index in [2.05, 4.69) is 0 Å². The van der Waals surface area contributed by atoms with Crippen LogP contribution in [-0.4, -0.2) is 5.78 Å². The molecule has 0 aromatic rings. The molecule has 3 fully saturated rings. The molecular formula is C13H19O. The Bertz CT molecular complexity index is 258. The molecular weight excluding hydrogens is 172 g/mol. The van der Waals surface area contributed by atoms with Crippen LogP contribution in [0.5, 0.6) is 0 Å². The van der Waals surface area contributed by atoms with E-state index in [1.54, 1.807) is 6.42 Å². The molecule has 0 aromatic heterocycles. The van der Waals surface area contributed by atoms with Crippen LogP contribution >= 0.6 is 0 Å². The lowest BCUT2D eigenvalue weighted by molar-refractivity contribution is -0.121. The summed E-state index contributed by atoms with van der Waals surface area (Å²) in [7, 11) is 0. The molecule has 5 unspecified atom stereocenters. The predicted octanol–water partition coefficient (Wildman–Crippen LogP) is 2.85. The third-order valence-corrected chi connectivity index (χ3v) is 5.08. The Kier molecular flexibility index (Phi) is 1.97. The summed E-state index contributed by atoms with van der Waals surface area (Å²) in [5.41, 5.74) is 0. The molecule has 3 rings (SSSR count). The van der Waals surface area contributed by atoms with Crippen molar-refractivity contribution in [1.29, 1.82) is 0 Å². The van der Waals surface area contributed by atoms with Gasteiger partial charge in [-0.25, -0.2) is 0 Å². The fourth-order valence-electron chi connectivity index (χ4n) is 4.61. The van der Waals surface area contributed by atoms with Gasteiger partial charge in [-0.05, 0) is 49.4 Å². The Morgan fingerprint density at radius 3 is 2.71 bits per heavy atom. The van der Waals surface area contributed by atoms with Gasteiger partial charge in [0.1, 0.15) is 5.78 Å². The van der Waals surface area contributed by atoms with Crippen molar-refractivity contribution in [3.63, 3.8) is 0 Å². The van der Waals surface area contributed by atoms with E-state index in [1.807, 2.05) is 6.92 Å². The van der Waals surface area contributed by atoms with Gasteiger partial charge >= 0.3 is 0 Å². The van der Waals surface area contributed by atoms with E-state index in [1.165, 1.54) is 32.1 Å². The topological polar surface area (TPSA) is 17.1 Å². The monoisotopic (exact) mass is 191 g/mol. The van der Waals surface area contributed by atoms with E-state index >= 15 is 0 Å². The van der Waals surface area contributed by atoms with E-state index in [-0.39, 0.29) is 0 Å². The number of hydrogen-bond donors (Lipinski definition) is 0. The number of fused-ring (bicyclic) bond motifs is 5. The van der Waals surface area contributed by atoms with Crippen molar-refractivity contribution in [2.75, 3.05) is 0 Å². The molecule has 0 N–H and O–H groups in total. The summed E-state index contributed by atoms with van der Waals surface area (Å²) in [6, 6.07) is 0. The molecule has 2 bridgehead atoms. The van der Waals surface area contributed by atoms with Gasteiger partial charge in [-0.1, -0.05) is 13.3 Å². The number of ketones is 1. The molecule has 5 atom stereocenters. The zero-order chi connectivity index (χ0) is 9.71. The maximum atomic E-state index is 11.7. The molecule has 3 saturated carbocycles. The molecule has 1 heteroatoms. The molecule has 0 heterocycles. The first kappa shape index (κ1) is 8.94. The Balaban J connectivity index is 1.80. The maximum Gasteiger partial charge on any atom is 0.139 e. The highest BCUT2D eigenvalue weighted by Crippen LogP contribution is 2.61. The fourth-order valence-corrected chi connectivity index (χ4v) is 4.61. The van der Waals surface area contributed by atoms with E-state index in [9.17, 15) is 4.79 Å². The lowest BCUT2D eigenvalue weighted by Crippen LogP contribution is -2.29. The van der Waals surface area contributed by atoms with Crippen molar-refractivity contribution in [3.05, 3.63) is 6.42 Å². The fraction of sp³-hybridized carbons (Fsp3) is 0.846. The van der Waals surface area contributed by atoms with E-state index < -0.39 is 0 Å². The van der Waals surface area contributed by atoms with Gasteiger partial charge in [0.2, 0.25) is 0 Å². The standard InChI is InChI=1S/C13H19O/c1-2-13(14)12-7-8-6-11(12)10-5-3-4-9(8)10/h2,8-12H,3-7H2,1H3. The maximum absolute atomic E-state index is 11.7. The first-order chi connectivity index (χ1) is 6.81. The predicted molar refractivity (Wildman–Crippen MR) is 55.5 cm³/mol. The largest absolute Gasteiger partial charge is 0.299 e. The summed E-state index contributed by atoms with van der Waals surface area (Å²) in [6.07, 6.45) is 8.70. The van der Waals surface area contributed by atoms with Gasteiger partial charge in [-0.15, -0.1) is 0 Å². The summed E-state index contributed by atoms with van der Waals surface area (Å²) in [4.78, 5) is 11.7. The lowest BCUT2D eigenvalue weighted by atomic mass is 9.74. The van der Waals surface area contributed by atoms with E-state index in [4.69, 9.17) is 0 Å². The summed E-state index contributed by atoms with van der Waals surface area (Å²) < 4.78 is 0. The lowest BCUT2D eigenvalue weighted by Gasteiger charge is -2.30. The molecule has 1 radical (unpaired) electrons. The van der Waals surface area contributed by atoms with Crippen LogP contribution < -0.4 is 0 Å². The highest BCUT2D eigenvalue weighted by molar-refractivity contribution is 5.89. The average molecular weight is 191 g/mol. The van der Waals surface area contributed by atoms with Gasteiger partial charge in [-0.3, -0.25) is 4.79 Å². The summed E-state index contributed by atoms with van der Waals surface area (Å²) in [6.45, 7) is 1.90. The molecule has 0 aliphatic heterocycles. The van der Waals surface area contributed by atoms with Crippen LogP contribution in [0, 0.1) is 36.0 Å². The Morgan fingerprint density at radius 2 is 1.93 bits per heavy atom. The Morgan fingerprint density at radius 1 is 1.14 bits per heavy atom. The number of Topliss-reactive ketones (excluding diaryl/α,β-unsaturated/α-hetero) is 1. The van der Waals surface area contributed by atoms with Crippen LogP contribution in [0.3, 0.4) is 0 Å². The quantitative estimate of drug-likeness (QED) is 0.656. The van der Waals surface area contributed by atoms with Gasteiger partial charge in [0.25, 0.3) is 0 Å². The second-order valence-electron chi connectivity index (χ2n) is 5.45. The zero-order valence-corrected chi connectivity index (χ0v) is 8.91. The van der Waals surface area contributed by atoms with Crippen LogP contribution in [0.25, 0.3) is 0 Å². The van der Waals surface area contributed by atoms with Gasteiger partial charge in [0.05, 0.1) is 0 Å². The van der Waals surface area contributed by atoms with E-state index in [0.717, 1.165) is 23.7 Å². The van der Waals surface area contributed by atoms with Crippen LogP contribution in [0.4, 0.5) is 0 Å². The second-order valence-corrected chi connectivity index (χ2v) is 5.45. The van der Waals surface area contributed by atoms with Gasteiger partial charge in [0.15, 0.2) is 0 Å². The van der Waals surface area contributed by atoms with E-state index in [0.29, 0.717) is 11.7 Å². The first-order valence-corrected chi connectivity index (χ1v) is 6.14. The molecule has 77 valence electrons. The van der Waals surface area contributed by atoms with Crippen LogP contribution in [0.2, 0.25) is 0 Å². The van der Waals surface area contributed by atoms with Crippen molar-refractivity contribution in [3.8, 4) is 0 Å². The molecule has 0 amide bonds. The van der Waals surface area contributed by atoms with Crippen molar-refractivity contribution in [2.24, 2.45) is 29.6 Å². The van der Waals surface area contributed by atoms with Crippen molar-refractivity contribution >= 4 is 5.78 Å². The molecule has 0 spiro atoms. The minimum atomic E-state index is 0.421. The number of carbonyl (C=O) groups is 1. The number of carbonyl (C=O) groups excluding carboxylic acids is 1. The Hall–Kier alpha value is -0.330. The highest BCUT2D eigenvalue weighted by Gasteiger charge is 2.54. The Labute approximate surface area is 86.3 Å². The molecule has 0 aromatic carbocycles. The third-order valence-electron chi connectivity index (χ3n) is 5.08. The summed E-state index contributed by atoms with van der Waals surface area (Å²) in [5, 5.41) is 0.